The highest BCUT2D eigenvalue weighted by Gasteiger charge is 2.45. The lowest BCUT2D eigenvalue weighted by molar-refractivity contribution is 0.00883. The second kappa shape index (κ2) is 4.08. The van der Waals surface area contributed by atoms with E-state index in [1.165, 1.54) is 0 Å². The highest BCUT2D eigenvalue weighted by Crippen LogP contribution is 2.50. The molecule has 1 unspecified atom stereocenters. The minimum atomic E-state index is -0.741. The van der Waals surface area contributed by atoms with Gasteiger partial charge in [0.1, 0.15) is 0 Å². The maximum Gasteiger partial charge on any atom is 0.0997 e. The molecular formula is C15H14N2O. The van der Waals surface area contributed by atoms with E-state index in [4.69, 9.17) is 0 Å². The number of benzene rings is 1. The zero-order valence-electron chi connectivity index (χ0n) is 10.0. The van der Waals surface area contributed by atoms with Crippen LogP contribution in [0.5, 0.6) is 0 Å². The van der Waals surface area contributed by atoms with Crippen LogP contribution < -0.4 is 0 Å². The third-order valence-corrected chi connectivity index (χ3v) is 3.95. The first kappa shape index (κ1) is 11.2. The summed E-state index contributed by atoms with van der Waals surface area (Å²) < 4.78 is 0. The number of aromatic nitrogens is 1. The van der Waals surface area contributed by atoms with Gasteiger partial charge in [-0.1, -0.05) is 30.7 Å². The van der Waals surface area contributed by atoms with Crippen LogP contribution in [0.3, 0.4) is 0 Å². The normalized spacial score (nSPS) is 18.9. The lowest BCUT2D eigenvalue weighted by Gasteiger charge is -2.39. The number of rotatable bonds is 2. The fourth-order valence-corrected chi connectivity index (χ4v) is 2.65. The van der Waals surface area contributed by atoms with Crippen molar-refractivity contribution in [3.63, 3.8) is 0 Å². The molecule has 1 saturated carbocycles. The van der Waals surface area contributed by atoms with Crippen molar-refractivity contribution in [3.8, 4) is 6.07 Å². The summed E-state index contributed by atoms with van der Waals surface area (Å²) in [4.78, 5) is 4.34. The van der Waals surface area contributed by atoms with E-state index < -0.39 is 11.5 Å². The predicted molar refractivity (Wildman–Crippen MR) is 68.6 cm³/mol. The topological polar surface area (TPSA) is 56.9 Å². The quantitative estimate of drug-likeness (QED) is 0.875. The second-order valence-corrected chi connectivity index (χ2v) is 4.95. The number of aliphatic hydroxyl groups is 1. The lowest BCUT2D eigenvalue weighted by atomic mass is 9.64. The van der Waals surface area contributed by atoms with Gasteiger partial charge in [0.25, 0.3) is 0 Å². The summed E-state index contributed by atoms with van der Waals surface area (Å²) in [5.41, 5.74) is 0.967. The fraction of sp³-hybridized carbons (Fsp3) is 0.333. The van der Waals surface area contributed by atoms with Crippen molar-refractivity contribution in [1.82, 2.24) is 4.98 Å². The Hall–Kier alpha value is -1.92. The molecule has 0 spiro atoms. The molecule has 0 saturated heterocycles. The number of fused-ring (bicyclic) bond motifs is 1. The molecule has 18 heavy (non-hydrogen) atoms. The van der Waals surface area contributed by atoms with Gasteiger partial charge in [0.05, 0.1) is 23.1 Å². The summed E-state index contributed by atoms with van der Waals surface area (Å²) in [5.74, 6) is 0. The molecule has 1 aromatic carbocycles. The minimum Gasteiger partial charge on any atom is -0.387 e. The first-order valence-electron chi connectivity index (χ1n) is 6.20. The van der Waals surface area contributed by atoms with Crippen LogP contribution in [0.4, 0.5) is 0 Å². The van der Waals surface area contributed by atoms with Gasteiger partial charge in [-0.05, 0) is 18.9 Å². The molecule has 0 aliphatic heterocycles. The molecule has 2 aromatic rings. The zero-order chi connectivity index (χ0) is 12.6. The molecule has 3 rings (SSSR count). The highest BCUT2D eigenvalue weighted by atomic mass is 16.3. The molecule has 3 nitrogen and oxygen atoms in total. The summed E-state index contributed by atoms with van der Waals surface area (Å²) in [6.07, 6.45) is 3.54. The average molecular weight is 238 g/mol. The van der Waals surface area contributed by atoms with Gasteiger partial charge in [0.2, 0.25) is 0 Å². The molecule has 0 radical (unpaired) electrons. The highest BCUT2D eigenvalue weighted by molar-refractivity contribution is 5.82. The van der Waals surface area contributed by atoms with Crippen molar-refractivity contribution < 1.29 is 5.11 Å². The van der Waals surface area contributed by atoms with Crippen LogP contribution in [-0.2, 0) is 0 Å². The number of hydrogen-bond donors (Lipinski definition) is 1. The average Bonchev–Trinajstić information content (AvgIpc) is 2.37. The molecule has 3 heteroatoms. The second-order valence-electron chi connectivity index (χ2n) is 4.95. The number of pyridine rings is 1. The summed E-state index contributed by atoms with van der Waals surface area (Å²) in [7, 11) is 0. The Bertz CT molecular complexity index is 620. The van der Waals surface area contributed by atoms with E-state index in [0.29, 0.717) is 0 Å². The fourth-order valence-electron chi connectivity index (χ4n) is 2.65. The van der Waals surface area contributed by atoms with Crippen molar-refractivity contribution in [2.24, 2.45) is 5.41 Å². The third-order valence-electron chi connectivity index (χ3n) is 3.95. The summed E-state index contributed by atoms with van der Waals surface area (Å²) in [6, 6.07) is 11.9. The first-order valence-corrected chi connectivity index (χ1v) is 6.20. The van der Waals surface area contributed by atoms with Crippen molar-refractivity contribution in [2.75, 3.05) is 0 Å². The zero-order valence-corrected chi connectivity index (χ0v) is 10.0. The number of nitriles is 1. The van der Waals surface area contributed by atoms with Crippen LogP contribution in [0, 0.1) is 16.7 Å². The van der Waals surface area contributed by atoms with E-state index in [1.54, 1.807) is 6.20 Å². The van der Waals surface area contributed by atoms with Crippen LogP contribution >= 0.6 is 0 Å². The molecule has 1 aromatic heterocycles. The van der Waals surface area contributed by atoms with E-state index in [9.17, 15) is 10.4 Å². The third kappa shape index (κ3) is 1.50. The monoisotopic (exact) mass is 238 g/mol. The van der Waals surface area contributed by atoms with Crippen molar-refractivity contribution in [2.45, 2.75) is 25.4 Å². The van der Waals surface area contributed by atoms with E-state index >= 15 is 0 Å². The predicted octanol–water partition coefficient (Wildman–Crippen LogP) is 2.96. The number of aliphatic hydroxyl groups excluding tert-OH is 1. The minimum absolute atomic E-state index is 0.605. The Morgan fingerprint density at radius 1 is 1.28 bits per heavy atom. The van der Waals surface area contributed by atoms with E-state index in [-0.39, 0.29) is 0 Å². The van der Waals surface area contributed by atoms with Gasteiger partial charge >= 0.3 is 0 Å². The van der Waals surface area contributed by atoms with Gasteiger partial charge < -0.3 is 5.11 Å². The number of hydrogen-bond acceptors (Lipinski definition) is 3. The van der Waals surface area contributed by atoms with Crippen LogP contribution in [0.15, 0.2) is 36.5 Å². The Labute approximate surface area is 106 Å². The number of nitrogens with zero attached hydrogens (tertiary/aromatic N) is 2. The Balaban J connectivity index is 2.12. The van der Waals surface area contributed by atoms with Crippen LogP contribution in [0.2, 0.25) is 0 Å². The van der Waals surface area contributed by atoms with E-state index in [1.807, 2.05) is 30.3 Å². The first-order chi connectivity index (χ1) is 8.77. The van der Waals surface area contributed by atoms with Crippen LogP contribution in [0.1, 0.15) is 30.9 Å². The summed E-state index contributed by atoms with van der Waals surface area (Å²) in [6.45, 7) is 0. The molecule has 1 fully saturated rings. The Morgan fingerprint density at radius 3 is 2.72 bits per heavy atom. The standard InChI is InChI=1S/C15H14N2O/c16-10-15(7-3-8-15)14(18)12-6-1-4-11-5-2-9-17-13(11)12/h1-2,4-6,9,14,18H,3,7-8H2. The molecule has 0 bridgehead atoms. The van der Waals surface area contributed by atoms with Gasteiger partial charge in [-0.15, -0.1) is 0 Å². The maximum atomic E-state index is 10.5. The number of para-hydroxylation sites is 1. The Kier molecular flexibility index (Phi) is 2.53. The van der Waals surface area contributed by atoms with Crippen molar-refractivity contribution in [1.29, 1.82) is 5.26 Å². The van der Waals surface area contributed by atoms with Gasteiger partial charge in [0.15, 0.2) is 0 Å². The van der Waals surface area contributed by atoms with Gasteiger partial charge in [0, 0.05) is 17.1 Å². The Morgan fingerprint density at radius 2 is 2.06 bits per heavy atom. The molecule has 1 atom stereocenters. The largest absolute Gasteiger partial charge is 0.387 e. The smallest absolute Gasteiger partial charge is 0.0997 e. The van der Waals surface area contributed by atoms with E-state index in [0.717, 1.165) is 35.7 Å². The lowest BCUT2D eigenvalue weighted by Crippen LogP contribution is -2.34. The summed E-state index contributed by atoms with van der Waals surface area (Å²) >= 11 is 0. The van der Waals surface area contributed by atoms with Gasteiger partial charge in [-0.3, -0.25) is 4.98 Å². The van der Waals surface area contributed by atoms with E-state index in [2.05, 4.69) is 11.1 Å². The molecule has 1 heterocycles. The SMILES string of the molecule is N#CC1(C(O)c2cccc3cccnc23)CCC1. The van der Waals surface area contributed by atoms with Crippen LogP contribution in [0.25, 0.3) is 10.9 Å². The summed E-state index contributed by atoms with van der Waals surface area (Å²) in [5, 5.41) is 20.8. The maximum absolute atomic E-state index is 10.5. The van der Waals surface area contributed by atoms with Gasteiger partial charge in [-0.25, -0.2) is 0 Å². The molecule has 1 aliphatic rings. The molecule has 1 N–H and O–H groups in total. The molecule has 1 aliphatic carbocycles. The molecule has 90 valence electrons. The molecule has 0 amide bonds. The van der Waals surface area contributed by atoms with Gasteiger partial charge in [-0.2, -0.15) is 5.26 Å². The van der Waals surface area contributed by atoms with Crippen molar-refractivity contribution >= 4 is 10.9 Å². The molecular weight excluding hydrogens is 224 g/mol. The van der Waals surface area contributed by atoms with Crippen molar-refractivity contribution in [3.05, 3.63) is 42.1 Å². The van der Waals surface area contributed by atoms with Crippen LogP contribution in [-0.4, -0.2) is 10.1 Å².